The summed E-state index contributed by atoms with van der Waals surface area (Å²) < 4.78 is 10.4. The van der Waals surface area contributed by atoms with Crippen LogP contribution < -0.4 is 10.6 Å². The van der Waals surface area contributed by atoms with E-state index in [-0.39, 0.29) is 25.6 Å². The fourth-order valence-electron chi connectivity index (χ4n) is 4.48. The Hall–Kier alpha value is -4.59. The molecule has 37 heavy (non-hydrogen) atoms. The molecule has 190 valence electrons. The fourth-order valence-corrected chi connectivity index (χ4v) is 4.48. The molecule has 0 saturated carbocycles. The zero-order valence-corrected chi connectivity index (χ0v) is 20.2. The van der Waals surface area contributed by atoms with Crippen molar-refractivity contribution in [2.45, 2.75) is 24.8 Å². The highest BCUT2D eigenvalue weighted by atomic mass is 16.6. The number of rotatable bonds is 10. The lowest BCUT2D eigenvalue weighted by molar-refractivity contribution is -0.139. The highest BCUT2D eigenvalue weighted by Gasteiger charge is 2.29. The number of para-hydroxylation sites is 1. The lowest BCUT2D eigenvalue weighted by Crippen LogP contribution is -2.41. The monoisotopic (exact) mass is 500 g/mol. The predicted octanol–water partition coefficient (Wildman–Crippen LogP) is 5.35. The minimum atomic E-state index is -1.18. The highest BCUT2D eigenvalue weighted by molar-refractivity contribution is 5.86. The van der Waals surface area contributed by atoms with Crippen molar-refractivity contribution in [3.63, 3.8) is 0 Å². The second-order valence-corrected chi connectivity index (χ2v) is 8.57. The maximum atomic E-state index is 12.6. The van der Waals surface area contributed by atoms with Crippen LogP contribution in [0.3, 0.4) is 0 Å². The molecule has 0 aromatic heterocycles. The van der Waals surface area contributed by atoms with Crippen LogP contribution in [0.1, 0.15) is 29.0 Å². The van der Waals surface area contributed by atoms with E-state index in [0.29, 0.717) is 17.7 Å². The molecule has 0 spiro atoms. The number of anilines is 1. The minimum Gasteiger partial charge on any atom is -0.480 e. The van der Waals surface area contributed by atoms with E-state index in [1.807, 2.05) is 48.5 Å². The zero-order chi connectivity index (χ0) is 26.2. The molecule has 0 unspecified atom stereocenters. The molecule has 0 aliphatic heterocycles. The summed E-state index contributed by atoms with van der Waals surface area (Å²) in [6, 6.07) is 21.8. The van der Waals surface area contributed by atoms with Crippen molar-refractivity contribution >= 4 is 23.8 Å². The van der Waals surface area contributed by atoms with E-state index in [1.165, 1.54) is 6.08 Å². The van der Waals surface area contributed by atoms with Gasteiger partial charge in [0.1, 0.15) is 19.3 Å². The molecule has 0 heterocycles. The van der Waals surface area contributed by atoms with E-state index < -0.39 is 24.2 Å². The Labute approximate surface area is 214 Å². The molecule has 8 heteroatoms. The molecule has 8 nitrogen and oxygen atoms in total. The summed E-state index contributed by atoms with van der Waals surface area (Å²) in [6.45, 7) is 3.65. The van der Waals surface area contributed by atoms with Crippen LogP contribution in [0, 0.1) is 0 Å². The largest absolute Gasteiger partial charge is 0.480 e. The van der Waals surface area contributed by atoms with Crippen LogP contribution in [0.15, 0.2) is 85.5 Å². The Balaban J connectivity index is 1.36. The Bertz CT molecular complexity index is 1260. The van der Waals surface area contributed by atoms with Crippen molar-refractivity contribution in [3.05, 3.63) is 102 Å². The molecule has 1 aliphatic carbocycles. The first-order valence-corrected chi connectivity index (χ1v) is 11.9. The standard InChI is InChI=1S/C29H28N2O6/c1-2-17-36-28(34)30-25-14-8-3-9-19(25)15-16-26(27(32)33)31-29(35)37-18-24-22-12-6-4-10-20(22)21-11-5-7-13-23(21)24/h2-14,24,26H,1,15-18H2,(H,30,34)(H,31,35)(H,32,33)/t26-/m0/s1. The van der Waals surface area contributed by atoms with Gasteiger partial charge in [-0.2, -0.15) is 0 Å². The molecule has 3 aromatic carbocycles. The number of fused-ring (bicyclic) bond motifs is 3. The van der Waals surface area contributed by atoms with Gasteiger partial charge in [-0.3, -0.25) is 5.32 Å². The van der Waals surface area contributed by atoms with Gasteiger partial charge in [0.05, 0.1) is 0 Å². The van der Waals surface area contributed by atoms with Crippen molar-refractivity contribution in [1.82, 2.24) is 5.32 Å². The number of ether oxygens (including phenoxy) is 2. The normalized spacial score (nSPS) is 12.5. The molecular weight excluding hydrogens is 472 g/mol. The second-order valence-electron chi connectivity index (χ2n) is 8.57. The summed E-state index contributed by atoms with van der Waals surface area (Å²) in [4.78, 5) is 36.3. The van der Waals surface area contributed by atoms with Crippen LogP contribution in [0.25, 0.3) is 11.1 Å². The van der Waals surface area contributed by atoms with Crippen LogP contribution in [0.5, 0.6) is 0 Å². The van der Waals surface area contributed by atoms with Gasteiger partial charge >= 0.3 is 18.2 Å². The topological polar surface area (TPSA) is 114 Å². The van der Waals surface area contributed by atoms with Crippen molar-refractivity contribution in [2.24, 2.45) is 0 Å². The summed E-state index contributed by atoms with van der Waals surface area (Å²) in [5.74, 6) is -1.30. The summed E-state index contributed by atoms with van der Waals surface area (Å²) in [5.41, 5.74) is 5.57. The number of hydrogen-bond donors (Lipinski definition) is 3. The van der Waals surface area contributed by atoms with Gasteiger partial charge in [-0.1, -0.05) is 79.4 Å². The number of carboxylic acids is 1. The first kappa shape index (κ1) is 25.5. The smallest absolute Gasteiger partial charge is 0.411 e. The molecule has 0 saturated heterocycles. The lowest BCUT2D eigenvalue weighted by Gasteiger charge is -2.18. The number of nitrogens with one attached hydrogen (secondary N) is 2. The van der Waals surface area contributed by atoms with E-state index in [4.69, 9.17) is 9.47 Å². The van der Waals surface area contributed by atoms with Gasteiger partial charge < -0.3 is 19.9 Å². The van der Waals surface area contributed by atoms with Crippen LogP contribution in [0.2, 0.25) is 0 Å². The summed E-state index contributed by atoms with van der Waals surface area (Å²) >= 11 is 0. The average molecular weight is 501 g/mol. The Morgan fingerprint density at radius 3 is 2.16 bits per heavy atom. The molecule has 0 bridgehead atoms. The van der Waals surface area contributed by atoms with E-state index in [9.17, 15) is 19.5 Å². The summed E-state index contributed by atoms with van der Waals surface area (Å²) in [7, 11) is 0. The fraction of sp³-hybridized carbons (Fsp3) is 0.207. The van der Waals surface area contributed by atoms with Crippen molar-refractivity contribution in [2.75, 3.05) is 18.5 Å². The molecule has 1 aliphatic rings. The van der Waals surface area contributed by atoms with Gasteiger partial charge in [0.2, 0.25) is 0 Å². The average Bonchev–Trinajstić information content (AvgIpc) is 3.23. The Morgan fingerprint density at radius 1 is 0.892 bits per heavy atom. The number of benzene rings is 3. The Kier molecular flexibility index (Phi) is 8.20. The number of alkyl carbamates (subject to hydrolysis) is 1. The number of aryl methyl sites for hydroxylation is 1. The number of carboxylic acid groups (broad SMARTS) is 1. The van der Waals surface area contributed by atoms with E-state index in [1.54, 1.807) is 24.3 Å². The Morgan fingerprint density at radius 2 is 1.51 bits per heavy atom. The third-order valence-corrected chi connectivity index (χ3v) is 6.22. The maximum Gasteiger partial charge on any atom is 0.411 e. The van der Waals surface area contributed by atoms with Crippen molar-refractivity contribution < 1.29 is 29.0 Å². The highest BCUT2D eigenvalue weighted by Crippen LogP contribution is 2.44. The first-order valence-electron chi connectivity index (χ1n) is 11.9. The molecule has 1 atom stereocenters. The van der Waals surface area contributed by atoms with Gasteiger partial charge in [0.15, 0.2) is 0 Å². The van der Waals surface area contributed by atoms with Crippen LogP contribution >= 0.6 is 0 Å². The number of carbonyl (C=O) groups excluding carboxylic acids is 2. The lowest BCUT2D eigenvalue weighted by atomic mass is 9.98. The molecular formula is C29H28N2O6. The number of carbonyl (C=O) groups is 3. The van der Waals surface area contributed by atoms with E-state index in [2.05, 4.69) is 17.2 Å². The van der Waals surface area contributed by atoms with Crippen molar-refractivity contribution in [3.8, 4) is 11.1 Å². The molecule has 3 N–H and O–H groups in total. The molecule has 2 amide bonds. The predicted molar refractivity (Wildman–Crippen MR) is 140 cm³/mol. The molecule has 4 rings (SSSR count). The van der Waals surface area contributed by atoms with Crippen LogP contribution in [-0.2, 0) is 20.7 Å². The SMILES string of the molecule is C=CCOC(=O)Nc1ccccc1CC[C@H](NC(=O)OCC1c2ccccc2-c2ccccc21)C(=O)O. The maximum absolute atomic E-state index is 12.6. The number of aliphatic carboxylic acids is 1. The summed E-state index contributed by atoms with van der Waals surface area (Å²) in [6.07, 6.45) is 0.406. The van der Waals surface area contributed by atoms with Crippen LogP contribution in [0.4, 0.5) is 15.3 Å². The quantitative estimate of drug-likeness (QED) is 0.324. The second kappa shape index (κ2) is 11.9. The van der Waals surface area contributed by atoms with Gasteiger partial charge in [0.25, 0.3) is 0 Å². The first-order chi connectivity index (χ1) is 18.0. The number of amides is 2. The van der Waals surface area contributed by atoms with Crippen molar-refractivity contribution in [1.29, 1.82) is 0 Å². The summed E-state index contributed by atoms with van der Waals surface area (Å²) in [5, 5.41) is 14.8. The zero-order valence-electron chi connectivity index (χ0n) is 20.2. The van der Waals surface area contributed by atoms with Gasteiger partial charge in [0, 0.05) is 11.6 Å². The van der Waals surface area contributed by atoms with Gasteiger partial charge in [-0.15, -0.1) is 0 Å². The van der Waals surface area contributed by atoms with E-state index >= 15 is 0 Å². The molecule has 0 radical (unpaired) electrons. The third-order valence-electron chi connectivity index (χ3n) is 6.22. The van der Waals surface area contributed by atoms with E-state index in [0.717, 1.165) is 22.3 Å². The molecule has 3 aromatic rings. The van der Waals surface area contributed by atoms with Gasteiger partial charge in [-0.25, -0.2) is 14.4 Å². The third kappa shape index (κ3) is 6.16. The van der Waals surface area contributed by atoms with Gasteiger partial charge in [-0.05, 0) is 46.7 Å². The minimum absolute atomic E-state index is 0.0686. The van der Waals surface area contributed by atoms with Crippen LogP contribution in [-0.4, -0.2) is 42.5 Å². The number of hydrogen-bond acceptors (Lipinski definition) is 5. The molecule has 0 fully saturated rings.